The summed E-state index contributed by atoms with van der Waals surface area (Å²) in [7, 11) is 0. The molecule has 1 amide bonds. The highest BCUT2D eigenvalue weighted by atomic mass is 79.9. The third kappa shape index (κ3) is 4.85. The molecular formula is C26H24BrN3O4. The van der Waals surface area contributed by atoms with E-state index in [9.17, 15) is 14.9 Å². The molecule has 3 N–H and O–H groups in total. The van der Waals surface area contributed by atoms with Crippen molar-refractivity contribution in [3.63, 3.8) is 0 Å². The average Bonchev–Trinajstić information content (AvgIpc) is 2.77. The zero-order valence-electron chi connectivity index (χ0n) is 18.9. The predicted molar refractivity (Wildman–Crippen MR) is 130 cm³/mol. The monoisotopic (exact) mass is 521 g/mol. The maximum absolute atomic E-state index is 13.2. The number of carbonyl (C=O) groups excluding carboxylic acids is 2. The van der Waals surface area contributed by atoms with Gasteiger partial charge in [-0.3, -0.25) is 9.59 Å². The van der Waals surface area contributed by atoms with Crippen molar-refractivity contribution in [1.29, 1.82) is 5.26 Å². The lowest BCUT2D eigenvalue weighted by atomic mass is 9.70. The number of allylic oxidation sites excluding steroid dienone is 3. The molecule has 8 heteroatoms. The molecule has 0 aromatic heterocycles. The van der Waals surface area contributed by atoms with E-state index in [-0.39, 0.29) is 35.2 Å². The number of benzene rings is 2. The highest BCUT2D eigenvalue weighted by Crippen LogP contribution is 2.49. The minimum atomic E-state index is -0.748. The molecule has 0 bridgehead atoms. The van der Waals surface area contributed by atoms with Crippen molar-refractivity contribution in [3.05, 3.63) is 81.4 Å². The van der Waals surface area contributed by atoms with Gasteiger partial charge in [-0.25, -0.2) is 0 Å². The van der Waals surface area contributed by atoms with E-state index in [0.29, 0.717) is 41.2 Å². The summed E-state index contributed by atoms with van der Waals surface area (Å²) in [6, 6.07) is 16.4. The van der Waals surface area contributed by atoms with Gasteiger partial charge in [0.25, 0.3) is 5.91 Å². The lowest BCUT2D eigenvalue weighted by Gasteiger charge is -2.37. The van der Waals surface area contributed by atoms with E-state index in [0.717, 1.165) is 4.47 Å². The number of anilines is 1. The molecule has 2 aliphatic rings. The third-order valence-electron chi connectivity index (χ3n) is 5.77. The highest BCUT2D eigenvalue weighted by Gasteiger charge is 2.43. The van der Waals surface area contributed by atoms with Gasteiger partial charge in [0.2, 0.25) is 5.88 Å². The van der Waals surface area contributed by atoms with Crippen LogP contribution in [0.1, 0.15) is 38.2 Å². The van der Waals surface area contributed by atoms with Gasteiger partial charge in [-0.15, -0.1) is 0 Å². The molecular weight excluding hydrogens is 498 g/mol. The van der Waals surface area contributed by atoms with Crippen LogP contribution in [-0.2, 0) is 14.3 Å². The fourth-order valence-corrected chi connectivity index (χ4v) is 4.71. The standard InChI is InChI=1S/C26H24BrN3O4/c1-26(2)11-19(31)24-21(12-26)34-25(29)18(13-28)23(24)17-10-15(27)8-9-20(17)33-14-22(32)30-16-6-4-3-5-7-16/h3-10,23H,11-12,14,29H2,1-2H3,(H,30,32). The molecule has 174 valence electrons. The first-order chi connectivity index (χ1) is 16.2. The van der Waals surface area contributed by atoms with Gasteiger partial charge in [-0.1, -0.05) is 48.0 Å². The molecule has 2 aromatic carbocycles. The number of carbonyl (C=O) groups is 2. The number of para-hydroxylation sites is 1. The van der Waals surface area contributed by atoms with E-state index in [1.54, 1.807) is 30.3 Å². The van der Waals surface area contributed by atoms with E-state index in [4.69, 9.17) is 15.2 Å². The number of nitrogens with zero attached hydrogens (tertiary/aromatic N) is 1. The van der Waals surface area contributed by atoms with Gasteiger partial charge >= 0.3 is 0 Å². The Labute approximate surface area is 206 Å². The van der Waals surface area contributed by atoms with Crippen LogP contribution in [0.3, 0.4) is 0 Å². The first-order valence-corrected chi connectivity index (χ1v) is 11.6. The molecule has 1 unspecified atom stereocenters. The number of rotatable bonds is 5. The quantitative estimate of drug-likeness (QED) is 0.577. The lowest BCUT2D eigenvalue weighted by molar-refractivity contribution is -0.119. The summed E-state index contributed by atoms with van der Waals surface area (Å²) in [6.45, 7) is 3.73. The molecule has 0 radical (unpaired) electrons. The van der Waals surface area contributed by atoms with Crippen LogP contribution in [0.4, 0.5) is 5.69 Å². The van der Waals surface area contributed by atoms with Crippen LogP contribution in [0.5, 0.6) is 5.75 Å². The first kappa shape index (κ1) is 23.6. The normalized spacial score (nSPS) is 19.1. The lowest BCUT2D eigenvalue weighted by Crippen LogP contribution is -2.33. The van der Waals surface area contributed by atoms with Crippen molar-refractivity contribution in [2.75, 3.05) is 11.9 Å². The molecule has 2 aromatic rings. The van der Waals surface area contributed by atoms with Gasteiger partial charge in [0.05, 0.1) is 5.92 Å². The summed E-state index contributed by atoms with van der Waals surface area (Å²) in [6.07, 6.45) is 0.849. The Balaban J connectivity index is 1.69. The Morgan fingerprint density at radius 1 is 1.26 bits per heavy atom. The van der Waals surface area contributed by atoms with Crippen LogP contribution >= 0.6 is 15.9 Å². The van der Waals surface area contributed by atoms with Crippen LogP contribution in [0.25, 0.3) is 0 Å². The minimum Gasteiger partial charge on any atom is -0.483 e. The molecule has 1 atom stereocenters. The molecule has 1 aliphatic heterocycles. The van der Waals surface area contributed by atoms with Crippen molar-refractivity contribution >= 4 is 33.3 Å². The van der Waals surface area contributed by atoms with E-state index in [1.165, 1.54) is 0 Å². The predicted octanol–water partition coefficient (Wildman–Crippen LogP) is 4.92. The molecule has 1 aliphatic carbocycles. The number of ether oxygens (including phenoxy) is 2. The van der Waals surface area contributed by atoms with E-state index < -0.39 is 5.92 Å². The molecule has 0 saturated heterocycles. The van der Waals surface area contributed by atoms with Gasteiger partial charge < -0.3 is 20.5 Å². The van der Waals surface area contributed by atoms with Crippen molar-refractivity contribution in [2.45, 2.75) is 32.6 Å². The number of Topliss-reactive ketones (excluding diaryl/α,β-unsaturated/α-hetero) is 1. The molecule has 34 heavy (non-hydrogen) atoms. The summed E-state index contributed by atoms with van der Waals surface area (Å²) in [5.41, 5.74) is 7.62. The highest BCUT2D eigenvalue weighted by molar-refractivity contribution is 9.10. The second kappa shape index (κ2) is 9.35. The summed E-state index contributed by atoms with van der Waals surface area (Å²) in [5.74, 6) is -0.340. The summed E-state index contributed by atoms with van der Waals surface area (Å²) >= 11 is 3.47. The zero-order chi connectivity index (χ0) is 24.5. The Morgan fingerprint density at radius 3 is 2.71 bits per heavy atom. The molecule has 7 nitrogen and oxygen atoms in total. The number of nitrogens with two attached hydrogens (primary N) is 1. The summed E-state index contributed by atoms with van der Waals surface area (Å²) < 4.78 is 12.4. The van der Waals surface area contributed by atoms with Gasteiger partial charge in [0.15, 0.2) is 12.4 Å². The molecule has 0 fully saturated rings. The Morgan fingerprint density at radius 2 is 2.00 bits per heavy atom. The van der Waals surface area contributed by atoms with Gasteiger partial charge in [0.1, 0.15) is 23.2 Å². The topological polar surface area (TPSA) is 114 Å². The van der Waals surface area contributed by atoms with Crippen molar-refractivity contribution in [1.82, 2.24) is 0 Å². The second-order valence-electron chi connectivity index (χ2n) is 9.09. The van der Waals surface area contributed by atoms with E-state index in [2.05, 4.69) is 27.3 Å². The fraction of sp³-hybridized carbons (Fsp3) is 0.269. The Kier molecular flexibility index (Phi) is 6.49. The SMILES string of the molecule is CC1(C)CC(=O)C2=C(C1)OC(N)=C(C#N)C2c1cc(Br)ccc1OCC(=O)Nc1ccccc1. The smallest absolute Gasteiger partial charge is 0.262 e. The van der Waals surface area contributed by atoms with E-state index >= 15 is 0 Å². The summed E-state index contributed by atoms with van der Waals surface area (Å²) in [4.78, 5) is 25.7. The molecule has 0 saturated carbocycles. The second-order valence-corrected chi connectivity index (χ2v) is 10.0. The third-order valence-corrected chi connectivity index (χ3v) is 6.27. The van der Waals surface area contributed by atoms with Gasteiger partial charge in [0, 0.05) is 34.1 Å². The Hall–Kier alpha value is -3.57. The zero-order valence-corrected chi connectivity index (χ0v) is 20.4. The van der Waals surface area contributed by atoms with Crippen LogP contribution in [-0.4, -0.2) is 18.3 Å². The van der Waals surface area contributed by atoms with Crippen LogP contribution in [0.2, 0.25) is 0 Å². The average molecular weight is 522 g/mol. The van der Waals surface area contributed by atoms with Crippen molar-refractivity contribution < 1.29 is 19.1 Å². The molecule has 1 heterocycles. The van der Waals surface area contributed by atoms with Crippen molar-refractivity contribution in [3.8, 4) is 11.8 Å². The number of hydrogen-bond donors (Lipinski definition) is 2. The molecule has 4 rings (SSSR count). The van der Waals surface area contributed by atoms with Crippen LogP contribution in [0, 0.1) is 16.7 Å². The van der Waals surface area contributed by atoms with Crippen molar-refractivity contribution in [2.24, 2.45) is 11.1 Å². The molecule has 0 spiro atoms. The van der Waals surface area contributed by atoms with Crippen LogP contribution in [0.15, 0.2) is 75.8 Å². The number of ketones is 1. The number of hydrogen-bond acceptors (Lipinski definition) is 6. The summed E-state index contributed by atoms with van der Waals surface area (Å²) in [5, 5.41) is 12.7. The largest absolute Gasteiger partial charge is 0.483 e. The number of nitriles is 1. The Bertz CT molecular complexity index is 1260. The fourth-order valence-electron chi connectivity index (χ4n) is 4.33. The minimum absolute atomic E-state index is 0.0236. The van der Waals surface area contributed by atoms with Gasteiger partial charge in [-0.2, -0.15) is 5.26 Å². The maximum atomic E-state index is 13.2. The van der Waals surface area contributed by atoms with E-state index in [1.807, 2.05) is 32.0 Å². The number of halogens is 1. The van der Waals surface area contributed by atoms with Crippen LogP contribution < -0.4 is 15.8 Å². The van der Waals surface area contributed by atoms with Gasteiger partial charge in [-0.05, 0) is 35.7 Å². The maximum Gasteiger partial charge on any atom is 0.262 e. The first-order valence-electron chi connectivity index (χ1n) is 10.8. The number of nitrogens with one attached hydrogen (secondary N) is 1. The number of amides is 1.